The van der Waals surface area contributed by atoms with E-state index in [0.29, 0.717) is 12.1 Å². The van der Waals surface area contributed by atoms with Crippen molar-refractivity contribution in [1.29, 1.82) is 0 Å². The van der Waals surface area contributed by atoms with E-state index in [0.717, 1.165) is 6.54 Å². The lowest BCUT2D eigenvalue weighted by molar-refractivity contribution is 0.267. The van der Waals surface area contributed by atoms with E-state index in [-0.39, 0.29) is 0 Å². The van der Waals surface area contributed by atoms with Gasteiger partial charge in [0.15, 0.2) is 0 Å². The molecule has 0 fully saturated rings. The largest absolute Gasteiger partial charge is 0.310 e. The first kappa shape index (κ1) is 15.1. The van der Waals surface area contributed by atoms with Crippen molar-refractivity contribution in [2.75, 3.05) is 20.1 Å². The molecule has 18 heavy (non-hydrogen) atoms. The summed E-state index contributed by atoms with van der Waals surface area (Å²) in [5.41, 5.74) is 1.26. The van der Waals surface area contributed by atoms with E-state index in [9.17, 15) is 0 Å². The summed E-state index contributed by atoms with van der Waals surface area (Å²) in [5.74, 6) is 0. The molecule has 0 aliphatic heterocycles. The van der Waals surface area contributed by atoms with Crippen molar-refractivity contribution < 1.29 is 0 Å². The summed E-state index contributed by atoms with van der Waals surface area (Å²) in [6.07, 6.45) is 6.23. The Kier molecular flexibility index (Phi) is 6.91. The Morgan fingerprint density at radius 2 is 2.06 bits per heavy atom. The van der Waals surface area contributed by atoms with Crippen LogP contribution >= 0.6 is 0 Å². The van der Waals surface area contributed by atoms with Crippen LogP contribution < -0.4 is 5.32 Å². The van der Waals surface area contributed by atoms with Crippen molar-refractivity contribution >= 4 is 0 Å². The molecule has 0 saturated carbocycles. The lowest BCUT2D eigenvalue weighted by Gasteiger charge is -2.21. The molecule has 0 spiro atoms. The minimum absolute atomic E-state index is 0.390. The smallest absolute Gasteiger partial charge is 0.0315 e. The molecule has 1 heterocycles. The van der Waals surface area contributed by atoms with Crippen molar-refractivity contribution in [3.8, 4) is 0 Å². The number of unbranched alkanes of at least 4 members (excludes halogenated alkanes) is 1. The summed E-state index contributed by atoms with van der Waals surface area (Å²) in [6, 6.07) is 5.15. The molecule has 0 saturated heterocycles. The fourth-order valence-corrected chi connectivity index (χ4v) is 1.81. The summed E-state index contributed by atoms with van der Waals surface area (Å²) in [7, 11) is 2.19. The monoisotopic (exact) mass is 249 g/mol. The van der Waals surface area contributed by atoms with Crippen LogP contribution in [0.4, 0.5) is 0 Å². The van der Waals surface area contributed by atoms with Gasteiger partial charge in [0.2, 0.25) is 0 Å². The average molecular weight is 249 g/mol. The number of hydrogen-bond acceptors (Lipinski definition) is 3. The molecule has 0 radical (unpaired) electrons. The zero-order chi connectivity index (χ0) is 13.4. The Labute approximate surface area is 112 Å². The topological polar surface area (TPSA) is 28.2 Å². The fraction of sp³-hybridized carbons (Fsp3) is 0.667. The first-order chi connectivity index (χ1) is 8.61. The van der Waals surface area contributed by atoms with Gasteiger partial charge in [-0.1, -0.05) is 6.07 Å². The molecule has 3 heteroatoms. The highest BCUT2D eigenvalue weighted by molar-refractivity contribution is 5.12. The van der Waals surface area contributed by atoms with E-state index < -0.39 is 0 Å². The van der Waals surface area contributed by atoms with Gasteiger partial charge in [-0.3, -0.25) is 4.98 Å². The minimum atomic E-state index is 0.390. The van der Waals surface area contributed by atoms with Crippen molar-refractivity contribution in [3.63, 3.8) is 0 Å². The maximum atomic E-state index is 4.15. The van der Waals surface area contributed by atoms with Gasteiger partial charge >= 0.3 is 0 Å². The SMILES string of the molecule is CC(NCCCCN(C)C(C)C)c1cccnc1. The third-order valence-electron chi connectivity index (χ3n) is 3.45. The van der Waals surface area contributed by atoms with E-state index in [1.807, 2.05) is 18.5 Å². The molecule has 0 bridgehead atoms. The third-order valence-corrected chi connectivity index (χ3v) is 3.45. The summed E-state index contributed by atoms with van der Waals surface area (Å²) >= 11 is 0. The lowest BCUT2D eigenvalue weighted by atomic mass is 10.1. The van der Waals surface area contributed by atoms with Gasteiger partial charge < -0.3 is 10.2 Å². The number of pyridine rings is 1. The van der Waals surface area contributed by atoms with Gasteiger partial charge in [0.1, 0.15) is 0 Å². The molecule has 1 aromatic heterocycles. The molecule has 0 aromatic carbocycles. The number of rotatable bonds is 8. The van der Waals surface area contributed by atoms with Crippen LogP contribution in [0.15, 0.2) is 24.5 Å². The molecule has 3 nitrogen and oxygen atoms in total. The van der Waals surface area contributed by atoms with Crippen LogP contribution in [0, 0.1) is 0 Å². The Morgan fingerprint density at radius 1 is 1.28 bits per heavy atom. The molecule has 0 aliphatic carbocycles. The molecule has 1 N–H and O–H groups in total. The predicted molar refractivity (Wildman–Crippen MR) is 77.7 cm³/mol. The number of hydrogen-bond donors (Lipinski definition) is 1. The van der Waals surface area contributed by atoms with Crippen LogP contribution in [0.3, 0.4) is 0 Å². The van der Waals surface area contributed by atoms with Crippen LogP contribution in [0.5, 0.6) is 0 Å². The van der Waals surface area contributed by atoms with Gasteiger partial charge in [-0.05, 0) is 65.4 Å². The Hall–Kier alpha value is -0.930. The quantitative estimate of drug-likeness (QED) is 0.718. The maximum absolute atomic E-state index is 4.15. The van der Waals surface area contributed by atoms with Crippen molar-refractivity contribution in [1.82, 2.24) is 15.2 Å². The van der Waals surface area contributed by atoms with E-state index >= 15 is 0 Å². The van der Waals surface area contributed by atoms with E-state index in [1.165, 1.54) is 24.9 Å². The van der Waals surface area contributed by atoms with Crippen LogP contribution in [0.1, 0.15) is 45.2 Å². The predicted octanol–water partition coefficient (Wildman–Crippen LogP) is 2.85. The van der Waals surface area contributed by atoms with Crippen LogP contribution in [0.25, 0.3) is 0 Å². The Morgan fingerprint density at radius 3 is 2.67 bits per heavy atom. The van der Waals surface area contributed by atoms with Crippen molar-refractivity contribution in [2.45, 2.75) is 45.7 Å². The van der Waals surface area contributed by atoms with Gasteiger partial charge in [-0.15, -0.1) is 0 Å². The highest BCUT2D eigenvalue weighted by Crippen LogP contribution is 2.09. The van der Waals surface area contributed by atoms with Gasteiger partial charge in [-0.2, -0.15) is 0 Å². The summed E-state index contributed by atoms with van der Waals surface area (Å²) < 4.78 is 0. The van der Waals surface area contributed by atoms with Crippen LogP contribution in [0.2, 0.25) is 0 Å². The molecule has 1 aromatic rings. The van der Waals surface area contributed by atoms with Gasteiger partial charge in [0.25, 0.3) is 0 Å². The van der Waals surface area contributed by atoms with Gasteiger partial charge in [0.05, 0.1) is 0 Å². The Balaban J connectivity index is 2.11. The summed E-state index contributed by atoms with van der Waals surface area (Å²) in [6.45, 7) is 8.92. The average Bonchev–Trinajstić information content (AvgIpc) is 2.38. The van der Waals surface area contributed by atoms with Gasteiger partial charge in [0, 0.05) is 24.5 Å². The first-order valence-corrected chi connectivity index (χ1v) is 6.95. The maximum Gasteiger partial charge on any atom is 0.0315 e. The first-order valence-electron chi connectivity index (χ1n) is 6.95. The number of nitrogens with one attached hydrogen (secondary N) is 1. The normalized spacial score (nSPS) is 13.2. The molecule has 1 unspecified atom stereocenters. The highest BCUT2D eigenvalue weighted by Gasteiger charge is 2.04. The summed E-state index contributed by atoms with van der Waals surface area (Å²) in [5, 5.41) is 3.54. The number of nitrogens with zero attached hydrogens (tertiary/aromatic N) is 2. The second-order valence-electron chi connectivity index (χ2n) is 5.24. The second-order valence-corrected chi connectivity index (χ2v) is 5.24. The zero-order valence-corrected chi connectivity index (χ0v) is 12.2. The Bertz CT molecular complexity index is 311. The lowest BCUT2D eigenvalue weighted by Crippen LogP contribution is -2.28. The fourth-order valence-electron chi connectivity index (χ4n) is 1.81. The third kappa shape index (κ3) is 5.61. The van der Waals surface area contributed by atoms with Gasteiger partial charge in [-0.25, -0.2) is 0 Å². The van der Waals surface area contributed by atoms with Crippen molar-refractivity contribution in [3.05, 3.63) is 30.1 Å². The molecule has 0 aliphatic rings. The molecule has 1 rings (SSSR count). The molecular formula is C15H27N3. The molecular weight excluding hydrogens is 222 g/mol. The van der Waals surface area contributed by atoms with E-state index in [4.69, 9.17) is 0 Å². The number of aromatic nitrogens is 1. The van der Waals surface area contributed by atoms with Crippen LogP contribution in [-0.2, 0) is 0 Å². The van der Waals surface area contributed by atoms with Crippen molar-refractivity contribution in [2.24, 2.45) is 0 Å². The molecule has 0 amide bonds. The second kappa shape index (κ2) is 8.22. The van der Waals surface area contributed by atoms with Crippen LogP contribution in [-0.4, -0.2) is 36.1 Å². The van der Waals surface area contributed by atoms with E-state index in [2.05, 4.69) is 49.1 Å². The van der Waals surface area contributed by atoms with E-state index in [1.54, 1.807) is 0 Å². The summed E-state index contributed by atoms with van der Waals surface area (Å²) in [4.78, 5) is 6.54. The minimum Gasteiger partial charge on any atom is -0.310 e. The highest BCUT2D eigenvalue weighted by atomic mass is 15.1. The zero-order valence-electron chi connectivity index (χ0n) is 12.2. The standard InChI is InChI=1S/C15H27N3/c1-13(2)18(4)11-6-5-10-17-14(3)15-8-7-9-16-12-15/h7-9,12-14,17H,5-6,10-11H2,1-4H3. The molecule has 1 atom stereocenters. The molecule has 102 valence electrons.